The molecule has 7 heteroatoms. The van der Waals surface area contributed by atoms with Gasteiger partial charge in [0.15, 0.2) is 5.78 Å². The van der Waals surface area contributed by atoms with E-state index in [1.807, 2.05) is 0 Å². The number of nitro benzene ring substituents is 1. The summed E-state index contributed by atoms with van der Waals surface area (Å²) >= 11 is 0. The van der Waals surface area contributed by atoms with Crippen LogP contribution in [0.3, 0.4) is 0 Å². The summed E-state index contributed by atoms with van der Waals surface area (Å²) in [5.74, 6) is -2.30. The van der Waals surface area contributed by atoms with E-state index in [9.17, 15) is 19.7 Å². The number of hydrogen-bond donors (Lipinski definition) is 2. The van der Waals surface area contributed by atoms with Crippen LogP contribution in [0.5, 0.6) is 0 Å². The molecule has 0 fully saturated rings. The fourth-order valence-corrected chi connectivity index (χ4v) is 1.49. The van der Waals surface area contributed by atoms with Crippen LogP contribution in [0, 0.1) is 16.0 Å². The predicted octanol–water partition coefficient (Wildman–Crippen LogP) is 1.47. The van der Waals surface area contributed by atoms with Crippen molar-refractivity contribution in [3.05, 3.63) is 33.9 Å². The lowest BCUT2D eigenvalue weighted by Gasteiger charge is -2.08. The number of carboxylic acids is 1. The third kappa shape index (κ3) is 3.03. The molecule has 1 atom stereocenters. The Bertz CT molecular complexity index is 512. The molecule has 0 amide bonds. The molecule has 0 heterocycles. The molecule has 0 bridgehead atoms. The predicted molar refractivity (Wildman–Crippen MR) is 63.3 cm³/mol. The minimum Gasteiger partial charge on any atom is -0.481 e. The number of carbonyl (C=O) groups excluding carboxylic acids is 1. The highest BCUT2D eigenvalue weighted by molar-refractivity contribution is 6.00. The van der Waals surface area contributed by atoms with E-state index in [0.717, 1.165) is 6.07 Å². The van der Waals surface area contributed by atoms with Gasteiger partial charge in [0, 0.05) is 17.5 Å². The van der Waals surface area contributed by atoms with Crippen LogP contribution in [0.2, 0.25) is 0 Å². The molecule has 0 aliphatic carbocycles. The summed E-state index contributed by atoms with van der Waals surface area (Å²) in [5, 5.41) is 19.3. The highest BCUT2D eigenvalue weighted by atomic mass is 16.6. The molecule has 18 heavy (non-hydrogen) atoms. The van der Waals surface area contributed by atoms with Gasteiger partial charge in [-0.25, -0.2) is 0 Å². The Balaban J connectivity index is 3.03. The van der Waals surface area contributed by atoms with Crippen LogP contribution in [0.25, 0.3) is 0 Å². The molecule has 3 N–H and O–H groups in total. The topological polar surface area (TPSA) is 124 Å². The van der Waals surface area contributed by atoms with Crippen molar-refractivity contribution in [2.75, 3.05) is 5.73 Å². The molecule has 0 radical (unpaired) electrons. The monoisotopic (exact) mass is 252 g/mol. The van der Waals surface area contributed by atoms with Crippen molar-refractivity contribution in [1.29, 1.82) is 0 Å². The molecule has 96 valence electrons. The number of aliphatic carboxylic acids is 1. The van der Waals surface area contributed by atoms with Gasteiger partial charge in [0.25, 0.3) is 5.69 Å². The average Bonchev–Trinajstić information content (AvgIpc) is 2.27. The zero-order valence-electron chi connectivity index (χ0n) is 9.62. The number of nitrogens with two attached hydrogens (primary N) is 1. The number of hydrogen-bond acceptors (Lipinski definition) is 5. The number of nitrogen functional groups attached to an aromatic ring is 1. The number of rotatable bonds is 5. The normalized spacial score (nSPS) is 11.8. The lowest BCUT2D eigenvalue weighted by Crippen LogP contribution is -2.15. The molecule has 0 aliphatic heterocycles. The SMILES string of the molecule is CC(CC(=O)O)C(=O)c1ccc(N)c([N+](=O)[O-])c1. The summed E-state index contributed by atoms with van der Waals surface area (Å²) in [5.41, 5.74) is 5.09. The molecule has 1 rings (SSSR count). The number of benzene rings is 1. The molecule has 0 spiro atoms. The summed E-state index contributed by atoms with van der Waals surface area (Å²) < 4.78 is 0. The van der Waals surface area contributed by atoms with Gasteiger partial charge in [0.1, 0.15) is 5.69 Å². The number of nitro groups is 1. The molecule has 0 saturated carbocycles. The van der Waals surface area contributed by atoms with Crippen molar-refractivity contribution in [3.8, 4) is 0 Å². The van der Waals surface area contributed by atoms with Crippen LogP contribution in [-0.4, -0.2) is 21.8 Å². The molecule has 1 aromatic carbocycles. The second kappa shape index (κ2) is 5.26. The zero-order chi connectivity index (χ0) is 13.9. The number of nitrogens with zero attached hydrogens (tertiary/aromatic N) is 1. The third-order valence-corrected chi connectivity index (χ3v) is 2.44. The van der Waals surface area contributed by atoms with Crippen LogP contribution in [0.1, 0.15) is 23.7 Å². The van der Waals surface area contributed by atoms with Gasteiger partial charge in [-0.3, -0.25) is 19.7 Å². The van der Waals surface area contributed by atoms with Gasteiger partial charge < -0.3 is 10.8 Å². The van der Waals surface area contributed by atoms with Gasteiger partial charge in [-0.05, 0) is 12.1 Å². The number of carboxylic acid groups (broad SMARTS) is 1. The third-order valence-electron chi connectivity index (χ3n) is 2.44. The number of Topliss-reactive ketones (excluding diaryl/α,β-unsaturated/α-hetero) is 1. The molecule has 0 saturated heterocycles. The lowest BCUT2D eigenvalue weighted by atomic mass is 9.96. The Hall–Kier alpha value is -2.44. The smallest absolute Gasteiger partial charge is 0.304 e. The van der Waals surface area contributed by atoms with E-state index >= 15 is 0 Å². The minimum absolute atomic E-state index is 0.0394. The summed E-state index contributed by atoms with van der Waals surface area (Å²) in [7, 11) is 0. The fourth-order valence-electron chi connectivity index (χ4n) is 1.49. The van der Waals surface area contributed by atoms with Crippen LogP contribution < -0.4 is 5.73 Å². The van der Waals surface area contributed by atoms with Crippen molar-refractivity contribution in [2.24, 2.45) is 5.92 Å². The zero-order valence-corrected chi connectivity index (χ0v) is 9.62. The Morgan fingerprint density at radius 3 is 2.61 bits per heavy atom. The Labute approximate surface area is 102 Å². The molecular formula is C11H12N2O5. The summed E-state index contributed by atoms with van der Waals surface area (Å²) in [6.45, 7) is 1.46. The van der Waals surface area contributed by atoms with Crippen LogP contribution >= 0.6 is 0 Å². The van der Waals surface area contributed by atoms with E-state index in [2.05, 4.69) is 0 Å². The van der Waals surface area contributed by atoms with Crippen LogP contribution in [0.4, 0.5) is 11.4 Å². The first kappa shape index (κ1) is 13.6. The minimum atomic E-state index is -1.10. The summed E-state index contributed by atoms with van der Waals surface area (Å²) in [4.78, 5) is 32.3. The molecule has 1 aromatic rings. The number of ketones is 1. The van der Waals surface area contributed by atoms with E-state index < -0.39 is 22.6 Å². The van der Waals surface area contributed by atoms with Gasteiger partial charge in [0.2, 0.25) is 0 Å². The number of carbonyl (C=O) groups is 2. The van der Waals surface area contributed by atoms with E-state index in [4.69, 9.17) is 10.8 Å². The molecule has 0 aromatic heterocycles. The quantitative estimate of drug-likeness (QED) is 0.354. The van der Waals surface area contributed by atoms with Gasteiger partial charge >= 0.3 is 5.97 Å². The van der Waals surface area contributed by atoms with Gasteiger partial charge in [-0.2, -0.15) is 0 Å². The van der Waals surface area contributed by atoms with E-state index in [1.54, 1.807) is 0 Å². The Morgan fingerprint density at radius 2 is 2.11 bits per heavy atom. The second-order valence-electron chi connectivity index (χ2n) is 3.89. The van der Waals surface area contributed by atoms with Gasteiger partial charge in [-0.1, -0.05) is 6.92 Å². The fraction of sp³-hybridized carbons (Fsp3) is 0.273. The average molecular weight is 252 g/mol. The first-order chi connectivity index (χ1) is 8.32. The van der Waals surface area contributed by atoms with E-state index in [1.165, 1.54) is 19.1 Å². The van der Waals surface area contributed by atoms with Crippen molar-refractivity contribution >= 4 is 23.1 Å². The standard InChI is InChI=1S/C11H12N2O5/c1-6(4-10(14)15)11(16)7-2-3-8(12)9(5-7)13(17)18/h2-3,5-6H,4,12H2,1H3,(H,14,15). The lowest BCUT2D eigenvalue weighted by molar-refractivity contribution is -0.383. The molecule has 1 unspecified atom stereocenters. The maximum absolute atomic E-state index is 11.8. The molecular weight excluding hydrogens is 240 g/mol. The first-order valence-electron chi connectivity index (χ1n) is 5.13. The Morgan fingerprint density at radius 1 is 1.50 bits per heavy atom. The van der Waals surface area contributed by atoms with Crippen molar-refractivity contribution in [1.82, 2.24) is 0 Å². The first-order valence-corrected chi connectivity index (χ1v) is 5.13. The maximum Gasteiger partial charge on any atom is 0.304 e. The second-order valence-corrected chi connectivity index (χ2v) is 3.89. The van der Waals surface area contributed by atoms with E-state index in [-0.39, 0.29) is 23.4 Å². The highest BCUT2D eigenvalue weighted by Gasteiger charge is 2.21. The maximum atomic E-state index is 11.8. The molecule has 7 nitrogen and oxygen atoms in total. The number of anilines is 1. The summed E-state index contributed by atoms with van der Waals surface area (Å²) in [6, 6.07) is 3.68. The van der Waals surface area contributed by atoms with Gasteiger partial charge in [0.05, 0.1) is 11.3 Å². The van der Waals surface area contributed by atoms with Crippen molar-refractivity contribution < 1.29 is 19.6 Å². The van der Waals surface area contributed by atoms with Crippen LogP contribution in [-0.2, 0) is 4.79 Å². The Kier molecular flexibility index (Phi) is 3.98. The van der Waals surface area contributed by atoms with Gasteiger partial charge in [-0.15, -0.1) is 0 Å². The van der Waals surface area contributed by atoms with E-state index in [0.29, 0.717) is 0 Å². The highest BCUT2D eigenvalue weighted by Crippen LogP contribution is 2.24. The molecule has 0 aliphatic rings. The van der Waals surface area contributed by atoms with Crippen molar-refractivity contribution in [2.45, 2.75) is 13.3 Å². The largest absolute Gasteiger partial charge is 0.481 e. The van der Waals surface area contributed by atoms with Crippen LogP contribution in [0.15, 0.2) is 18.2 Å². The van der Waals surface area contributed by atoms with Crippen molar-refractivity contribution in [3.63, 3.8) is 0 Å². The summed E-state index contributed by atoms with van der Waals surface area (Å²) in [6.07, 6.45) is -0.322.